The van der Waals surface area contributed by atoms with E-state index in [4.69, 9.17) is 4.42 Å². The highest BCUT2D eigenvalue weighted by Crippen LogP contribution is 2.47. The first-order valence-electron chi connectivity index (χ1n) is 9.22. The average Bonchev–Trinajstić information content (AvgIpc) is 3.26. The number of hydrogen-bond acceptors (Lipinski definition) is 4. The summed E-state index contributed by atoms with van der Waals surface area (Å²) in [5.74, 6) is 2.05. The van der Waals surface area contributed by atoms with E-state index in [1.54, 1.807) is 6.26 Å². The number of nitrogens with one attached hydrogen (secondary N) is 1. The van der Waals surface area contributed by atoms with Crippen molar-refractivity contribution in [1.82, 2.24) is 15.2 Å². The van der Waals surface area contributed by atoms with E-state index in [9.17, 15) is 4.79 Å². The normalized spacial score (nSPS) is 26.3. The van der Waals surface area contributed by atoms with Crippen molar-refractivity contribution in [3.05, 3.63) is 54.2 Å². The van der Waals surface area contributed by atoms with Crippen LogP contribution in [0.2, 0.25) is 0 Å². The monoisotopic (exact) mass is 339 g/mol. The third-order valence-corrected chi connectivity index (χ3v) is 5.33. The molecule has 0 spiro atoms. The van der Waals surface area contributed by atoms with Crippen molar-refractivity contribution in [2.24, 2.45) is 11.8 Å². The molecule has 2 fully saturated rings. The van der Waals surface area contributed by atoms with Crippen LogP contribution in [-0.2, 0) is 11.3 Å². The maximum atomic E-state index is 12.4. The highest BCUT2D eigenvalue weighted by Gasteiger charge is 2.45. The Morgan fingerprint density at radius 1 is 1.36 bits per heavy atom. The van der Waals surface area contributed by atoms with Gasteiger partial charge in [0, 0.05) is 43.9 Å². The largest absolute Gasteiger partial charge is 0.469 e. The Balaban J connectivity index is 1.22. The Morgan fingerprint density at radius 3 is 3.12 bits per heavy atom. The number of likely N-dealkylation sites (tertiary alicyclic amines) is 1. The lowest BCUT2D eigenvalue weighted by atomic mass is 9.97. The molecule has 1 aliphatic heterocycles. The van der Waals surface area contributed by atoms with E-state index in [-0.39, 0.29) is 17.7 Å². The van der Waals surface area contributed by atoms with E-state index in [0.717, 1.165) is 38.4 Å². The van der Waals surface area contributed by atoms with E-state index < -0.39 is 0 Å². The molecule has 2 aromatic rings. The Labute approximate surface area is 148 Å². The number of piperidine rings is 1. The molecule has 0 aromatic carbocycles. The van der Waals surface area contributed by atoms with Gasteiger partial charge in [0.15, 0.2) is 0 Å². The lowest BCUT2D eigenvalue weighted by Gasteiger charge is -2.32. The molecular formula is C20H25N3O2. The first kappa shape index (κ1) is 16.3. The molecule has 1 N–H and O–H groups in total. The molecule has 0 radical (unpaired) electrons. The van der Waals surface area contributed by atoms with Crippen LogP contribution < -0.4 is 5.32 Å². The molecule has 1 saturated carbocycles. The minimum absolute atomic E-state index is 0.0984. The number of carbonyl (C=O) groups excluding carboxylic acids is 1. The molecule has 2 aliphatic rings. The van der Waals surface area contributed by atoms with Gasteiger partial charge in [-0.3, -0.25) is 14.7 Å². The van der Waals surface area contributed by atoms with Crippen molar-refractivity contribution >= 4 is 5.91 Å². The predicted molar refractivity (Wildman–Crippen MR) is 94.8 cm³/mol. The van der Waals surface area contributed by atoms with Crippen LogP contribution in [0.4, 0.5) is 0 Å². The summed E-state index contributed by atoms with van der Waals surface area (Å²) in [4.78, 5) is 19.0. The number of aromatic nitrogens is 1. The van der Waals surface area contributed by atoms with E-state index in [1.807, 2.05) is 30.6 Å². The van der Waals surface area contributed by atoms with Gasteiger partial charge in [-0.25, -0.2) is 0 Å². The summed E-state index contributed by atoms with van der Waals surface area (Å²) in [5, 5.41) is 3.17. The van der Waals surface area contributed by atoms with Crippen molar-refractivity contribution in [2.45, 2.75) is 31.7 Å². The van der Waals surface area contributed by atoms with Crippen LogP contribution in [0, 0.1) is 11.8 Å². The zero-order valence-corrected chi connectivity index (χ0v) is 14.4. The summed E-state index contributed by atoms with van der Waals surface area (Å²) in [5.41, 5.74) is 1.26. The minimum atomic E-state index is 0.0984. The van der Waals surface area contributed by atoms with Crippen molar-refractivity contribution in [1.29, 1.82) is 0 Å². The fourth-order valence-corrected chi connectivity index (χ4v) is 3.89. The Bertz CT molecular complexity index is 686. The smallest absolute Gasteiger partial charge is 0.223 e. The number of amides is 1. The van der Waals surface area contributed by atoms with Crippen LogP contribution in [-0.4, -0.2) is 35.4 Å². The van der Waals surface area contributed by atoms with Crippen LogP contribution in [0.3, 0.4) is 0 Å². The molecule has 0 unspecified atom stereocenters. The third-order valence-electron chi connectivity index (χ3n) is 5.33. The van der Waals surface area contributed by atoms with Gasteiger partial charge >= 0.3 is 0 Å². The van der Waals surface area contributed by atoms with Crippen molar-refractivity contribution in [3.63, 3.8) is 0 Å². The van der Waals surface area contributed by atoms with E-state index in [2.05, 4.69) is 21.3 Å². The number of hydrogen-bond donors (Lipinski definition) is 1. The highest BCUT2D eigenvalue weighted by atomic mass is 16.3. The van der Waals surface area contributed by atoms with Crippen LogP contribution in [0.15, 0.2) is 47.3 Å². The fourth-order valence-electron chi connectivity index (χ4n) is 3.89. The summed E-state index contributed by atoms with van der Waals surface area (Å²) in [6.07, 6.45) is 8.73. The first-order valence-corrected chi connectivity index (χ1v) is 9.22. The van der Waals surface area contributed by atoms with Crippen LogP contribution in [0.25, 0.3) is 0 Å². The summed E-state index contributed by atoms with van der Waals surface area (Å²) in [6, 6.07) is 7.97. The lowest BCUT2D eigenvalue weighted by Crippen LogP contribution is -2.41. The Morgan fingerprint density at radius 2 is 2.32 bits per heavy atom. The highest BCUT2D eigenvalue weighted by molar-refractivity contribution is 5.82. The fraction of sp³-hybridized carbons (Fsp3) is 0.500. The maximum Gasteiger partial charge on any atom is 0.223 e. The molecule has 132 valence electrons. The van der Waals surface area contributed by atoms with Crippen molar-refractivity contribution in [3.8, 4) is 0 Å². The van der Waals surface area contributed by atoms with Gasteiger partial charge in [0.25, 0.3) is 0 Å². The molecule has 4 rings (SSSR count). The van der Waals surface area contributed by atoms with Crippen molar-refractivity contribution < 1.29 is 9.21 Å². The maximum absolute atomic E-state index is 12.4. The second-order valence-corrected chi connectivity index (χ2v) is 7.31. The quantitative estimate of drug-likeness (QED) is 0.879. The zero-order chi connectivity index (χ0) is 17.1. The molecule has 1 saturated heterocycles. The predicted octanol–water partition coefficient (Wildman–Crippen LogP) is 2.81. The number of nitrogens with zero attached hydrogens (tertiary/aromatic N) is 2. The Kier molecular flexibility index (Phi) is 4.83. The molecular weight excluding hydrogens is 314 g/mol. The molecule has 25 heavy (non-hydrogen) atoms. The molecule has 0 bridgehead atoms. The topological polar surface area (TPSA) is 58.4 Å². The van der Waals surface area contributed by atoms with Gasteiger partial charge in [-0.2, -0.15) is 0 Å². The van der Waals surface area contributed by atoms with Crippen LogP contribution in [0.5, 0.6) is 0 Å². The van der Waals surface area contributed by atoms with Crippen LogP contribution in [0.1, 0.15) is 36.5 Å². The lowest BCUT2D eigenvalue weighted by molar-refractivity contribution is -0.122. The van der Waals surface area contributed by atoms with Gasteiger partial charge < -0.3 is 9.73 Å². The minimum Gasteiger partial charge on any atom is -0.469 e. The molecule has 3 atom stereocenters. The molecule has 5 heteroatoms. The number of carbonyl (C=O) groups is 1. The zero-order valence-electron chi connectivity index (χ0n) is 14.4. The van der Waals surface area contributed by atoms with Gasteiger partial charge in [0.05, 0.1) is 6.26 Å². The van der Waals surface area contributed by atoms with Crippen LogP contribution >= 0.6 is 0 Å². The number of rotatable bonds is 6. The van der Waals surface area contributed by atoms with Gasteiger partial charge in [0.1, 0.15) is 5.76 Å². The SMILES string of the molecule is O=C(NC[C@@H]1CCCN(Cc2cccnc2)C1)[C@@H]1C[C@H]1c1ccco1. The molecule has 1 aliphatic carbocycles. The molecule has 3 heterocycles. The second-order valence-electron chi connectivity index (χ2n) is 7.31. The third kappa shape index (κ3) is 4.10. The summed E-state index contributed by atoms with van der Waals surface area (Å²) >= 11 is 0. The first-order chi connectivity index (χ1) is 12.3. The van der Waals surface area contributed by atoms with Gasteiger partial charge in [-0.1, -0.05) is 6.07 Å². The summed E-state index contributed by atoms with van der Waals surface area (Å²) in [7, 11) is 0. The number of furan rings is 1. The molecule has 1 amide bonds. The summed E-state index contributed by atoms with van der Waals surface area (Å²) < 4.78 is 5.41. The molecule has 2 aromatic heterocycles. The van der Waals surface area contributed by atoms with Gasteiger partial charge in [0.2, 0.25) is 5.91 Å². The average molecular weight is 339 g/mol. The Hall–Kier alpha value is -2.14. The second kappa shape index (κ2) is 7.40. The van der Waals surface area contributed by atoms with E-state index in [0.29, 0.717) is 5.92 Å². The van der Waals surface area contributed by atoms with Crippen molar-refractivity contribution in [2.75, 3.05) is 19.6 Å². The van der Waals surface area contributed by atoms with E-state index in [1.165, 1.54) is 18.4 Å². The van der Waals surface area contributed by atoms with Gasteiger partial charge in [-0.05, 0) is 55.5 Å². The standard InChI is InChI=1S/C20H25N3O2/c24-20(18-10-17(18)19-6-3-9-25-19)22-12-16-5-2-8-23(14-16)13-15-4-1-7-21-11-15/h1,3-4,6-7,9,11,16-18H,2,5,8,10,12-14H2,(H,22,24)/t16-,17+,18+/m0/s1. The number of pyridine rings is 1. The molecule has 5 nitrogen and oxygen atoms in total. The summed E-state index contributed by atoms with van der Waals surface area (Å²) in [6.45, 7) is 3.90. The van der Waals surface area contributed by atoms with Gasteiger partial charge in [-0.15, -0.1) is 0 Å². The van der Waals surface area contributed by atoms with E-state index >= 15 is 0 Å².